The number of aryl methyl sites for hydroxylation is 1. The highest BCUT2D eigenvalue weighted by Gasteiger charge is 2.56. The number of aromatic nitrogens is 1. The molecule has 0 spiro atoms. The third-order valence-electron chi connectivity index (χ3n) is 7.51. The Hall–Kier alpha value is -3.86. The lowest BCUT2D eigenvalue weighted by molar-refractivity contribution is -0.122. The van der Waals surface area contributed by atoms with Crippen LogP contribution in [-0.2, 0) is 20.9 Å². The van der Waals surface area contributed by atoms with Crippen LogP contribution in [0.15, 0.2) is 82.6 Å². The first-order valence-electron chi connectivity index (χ1n) is 13.3. The maximum Gasteiger partial charge on any atom is 0.308 e. The van der Waals surface area contributed by atoms with Crippen LogP contribution in [0.3, 0.4) is 0 Å². The molecule has 0 radical (unpaired) electrons. The van der Waals surface area contributed by atoms with E-state index in [4.69, 9.17) is 11.6 Å². The summed E-state index contributed by atoms with van der Waals surface area (Å²) in [5, 5.41) is 3.14. The van der Waals surface area contributed by atoms with Gasteiger partial charge in [0.2, 0.25) is 17.7 Å². The molecule has 3 atom stereocenters. The molecule has 1 saturated heterocycles. The van der Waals surface area contributed by atoms with Crippen LogP contribution in [0.4, 0.5) is 17.1 Å². The lowest BCUT2D eigenvalue weighted by atomic mass is 9.83. The van der Waals surface area contributed by atoms with E-state index in [9.17, 15) is 19.2 Å². The summed E-state index contributed by atoms with van der Waals surface area (Å²) in [5.74, 6) is -2.28. The zero-order valence-corrected chi connectivity index (χ0v) is 25.4. The van der Waals surface area contributed by atoms with Gasteiger partial charge in [-0.2, -0.15) is 0 Å². The smallest absolute Gasteiger partial charge is 0.308 e. The number of halogens is 1. The third-order valence-corrected chi connectivity index (χ3v) is 10.4. The molecule has 4 aromatic rings. The number of carbonyl (C=O) groups is 3. The summed E-state index contributed by atoms with van der Waals surface area (Å²) in [7, 11) is 3.88. The number of imide groups is 1. The normalized spacial score (nSPS) is 19.4. The summed E-state index contributed by atoms with van der Waals surface area (Å²) in [6, 6.07) is 21.8. The summed E-state index contributed by atoms with van der Waals surface area (Å²) in [5.41, 5.74) is 3.89. The first kappa shape index (κ1) is 28.3. The van der Waals surface area contributed by atoms with Gasteiger partial charge in [-0.25, -0.2) is 4.90 Å². The lowest BCUT2D eigenvalue weighted by Crippen LogP contribution is -2.33. The van der Waals surface area contributed by atoms with Crippen LogP contribution in [0.5, 0.6) is 0 Å². The Balaban J connectivity index is 1.41. The average Bonchev–Trinajstić information content (AvgIpc) is 3.40. The van der Waals surface area contributed by atoms with Gasteiger partial charge < -0.3 is 10.2 Å². The highest BCUT2D eigenvalue weighted by Crippen LogP contribution is 2.54. The largest absolute Gasteiger partial charge is 0.378 e. The van der Waals surface area contributed by atoms with Gasteiger partial charge in [0.15, 0.2) is 0 Å². The molecule has 0 aliphatic carbocycles. The quantitative estimate of drug-likeness (QED) is 0.292. The fraction of sp³-hybridized carbons (Fsp3) is 0.226. The van der Waals surface area contributed by atoms with Crippen molar-refractivity contribution in [2.24, 2.45) is 5.92 Å². The molecule has 1 aromatic heterocycles. The molecule has 42 heavy (non-hydrogen) atoms. The second-order valence-corrected chi connectivity index (χ2v) is 13.1. The second kappa shape index (κ2) is 11.1. The van der Waals surface area contributed by atoms with Gasteiger partial charge >= 0.3 is 4.87 Å². The number of fused-ring (bicyclic) bond motifs is 2. The Labute approximate surface area is 255 Å². The minimum atomic E-state index is -0.765. The van der Waals surface area contributed by atoms with Crippen molar-refractivity contribution in [3.63, 3.8) is 0 Å². The van der Waals surface area contributed by atoms with E-state index in [0.717, 1.165) is 28.2 Å². The van der Waals surface area contributed by atoms with Crippen molar-refractivity contribution in [3.8, 4) is 0 Å². The van der Waals surface area contributed by atoms with Gasteiger partial charge in [-0.05, 0) is 66.6 Å². The molecule has 214 valence electrons. The van der Waals surface area contributed by atoms with Crippen LogP contribution in [0, 0.1) is 12.8 Å². The molecule has 3 aromatic carbocycles. The average molecular weight is 619 g/mol. The van der Waals surface area contributed by atoms with Crippen molar-refractivity contribution in [1.29, 1.82) is 0 Å². The number of rotatable bonds is 6. The summed E-state index contributed by atoms with van der Waals surface area (Å²) in [6.45, 7) is 1.72. The number of hydrogen-bond acceptors (Lipinski definition) is 7. The number of hydrogen-bond donors (Lipinski definition) is 1. The minimum absolute atomic E-state index is 0.210. The molecule has 11 heteroatoms. The van der Waals surface area contributed by atoms with Crippen molar-refractivity contribution in [2.75, 3.05) is 29.2 Å². The van der Waals surface area contributed by atoms with Crippen LogP contribution in [0.2, 0.25) is 5.02 Å². The van der Waals surface area contributed by atoms with E-state index in [-0.39, 0.29) is 29.1 Å². The van der Waals surface area contributed by atoms with Gasteiger partial charge in [-0.3, -0.25) is 23.7 Å². The Morgan fingerprint density at radius 3 is 2.36 bits per heavy atom. The first-order valence-corrected chi connectivity index (χ1v) is 15.4. The number of anilines is 3. The van der Waals surface area contributed by atoms with Crippen LogP contribution in [0.25, 0.3) is 0 Å². The number of amides is 3. The Morgan fingerprint density at radius 2 is 1.69 bits per heavy atom. The summed E-state index contributed by atoms with van der Waals surface area (Å²) in [6.07, 6.45) is 0. The molecule has 8 nitrogen and oxygen atoms in total. The van der Waals surface area contributed by atoms with Gasteiger partial charge in [0, 0.05) is 41.3 Å². The maximum atomic E-state index is 14.0. The van der Waals surface area contributed by atoms with Gasteiger partial charge in [0.05, 0.1) is 16.6 Å². The van der Waals surface area contributed by atoms with Gasteiger partial charge in [0.25, 0.3) is 0 Å². The van der Waals surface area contributed by atoms with Crippen LogP contribution >= 0.6 is 34.7 Å². The van der Waals surface area contributed by atoms with E-state index in [1.165, 1.54) is 21.2 Å². The molecule has 3 amide bonds. The van der Waals surface area contributed by atoms with E-state index >= 15 is 0 Å². The topological polar surface area (TPSA) is 91.7 Å². The lowest BCUT2D eigenvalue weighted by Gasteiger charge is -2.31. The zero-order valence-electron chi connectivity index (χ0n) is 23.0. The van der Waals surface area contributed by atoms with E-state index in [1.54, 1.807) is 30.3 Å². The third kappa shape index (κ3) is 5.04. The molecular weight excluding hydrogens is 592 g/mol. The monoisotopic (exact) mass is 618 g/mol. The number of thioether (sulfide) groups is 1. The summed E-state index contributed by atoms with van der Waals surface area (Å²) < 4.78 is 1.43. The zero-order chi connectivity index (χ0) is 29.7. The molecule has 1 fully saturated rings. The molecule has 2 aliphatic heterocycles. The molecule has 1 N–H and O–H groups in total. The molecule has 2 aliphatic rings. The standard InChI is InChI=1S/C31H27ClN4O4S2/c1-17-5-4-6-20(15-17)33-23(37)16-35-30-27(42-31(35)40)24(18-7-11-21(12-8-18)34(2)3)25-26(41-30)29(39)36(28(25)38)22-13-9-19(32)10-14-22/h4-15,24-26H,16H2,1-3H3,(H,33,37)/t24-,25-,26+/m0/s1. The molecule has 0 bridgehead atoms. The Morgan fingerprint density at radius 1 is 0.976 bits per heavy atom. The van der Waals surface area contributed by atoms with Crippen molar-refractivity contribution in [3.05, 3.63) is 103 Å². The summed E-state index contributed by atoms with van der Waals surface area (Å²) >= 11 is 8.29. The van der Waals surface area contributed by atoms with Crippen molar-refractivity contribution in [2.45, 2.75) is 29.7 Å². The molecule has 0 saturated carbocycles. The van der Waals surface area contributed by atoms with Gasteiger partial charge in [0.1, 0.15) is 11.8 Å². The van der Waals surface area contributed by atoms with Gasteiger partial charge in [-0.1, -0.05) is 59.0 Å². The SMILES string of the molecule is Cc1cccc(NC(=O)Cn2c3c(sc2=O)[C@@H](c2ccc(N(C)C)cc2)[C@@H]2C(=O)N(c4ccc(Cl)cc4)C(=O)[C@@H]2S3)c1. The van der Waals surface area contributed by atoms with E-state index in [1.807, 2.05) is 68.4 Å². The van der Waals surface area contributed by atoms with Gasteiger partial charge in [-0.15, -0.1) is 0 Å². The molecule has 0 unspecified atom stereocenters. The first-order chi connectivity index (χ1) is 20.1. The molecule has 6 rings (SSSR count). The highest BCUT2D eigenvalue weighted by molar-refractivity contribution is 8.00. The van der Waals surface area contributed by atoms with Crippen molar-refractivity contribution >= 4 is 69.5 Å². The second-order valence-electron chi connectivity index (χ2n) is 10.6. The highest BCUT2D eigenvalue weighted by atomic mass is 35.5. The van der Waals surface area contributed by atoms with Crippen molar-refractivity contribution in [1.82, 2.24) is 4.57 Å². The van der Waals surface area contributed by atoms with Crippen LogP contribution in [0.1, 0.15) is 21.9 Å². The van der Waals surface area contributed by atoms with E-state index in [0.29, 0.717) is 26.3 Å². The minimum Gasteiger partial charge on any atom is -0.378 e. The Kier molecular flexibility index (Phi) is 7.46. The number of nitrogens with one attached hydrogen (secondary N) is 1. The van der Waals surface area contributed by atoms with Crippen LogP contribution in [-0.4, -0.2) is 41.6 Å². The number of benzene rings is 3. The summed E-state index contributed by atoms with van der Waals surface area (Å²) in [4.78, 5) is 57.9. The fourth-order valence-corrected chi connectivity index (χ4v) is 8.41. The fourth-order valence-electron chi connectivity index (χ4n) is 5.51. The number of carbonyl (C=O) groups excluding carboxylic acids is 3. The number of thiazole rings is 1. The number of nitrogens with zero attached hydrogens (tertiary/aromatic N) is 3. The van der Waals surface area contributed by atoms with E-state index < -0.39 is 17.1 Å². The maximum absolute atomic E-state index is 14.0. The van der Waals surface area contributed by atoms with E-state index in [2.05, 4.69) is 5.32 Å². The molecular formula is C31H27ClN4O4S2. The van der Waals surface area contributed by atoms with Crippen LogP contribution < -0.4 is 20.0 Å². The predicted octanol–water partition coefficient (Wildman–Crippen LogP) is 5.37. The predicted molar refractivity (Wildman–Crippen MR) is 168 cm³/mol. The van der Waals surface area contributed by atoms with Crippen molar-refractivity contribution < 1.29 is 14.4 Å². The molecule has 3 heterocycles. The Bertz CT molecular complexity index is 1760.